The van der Waals surface area contributed by atoms with Crippen LogP contribution in [-0.4, -0.2) is 23.7 Å². The molecule has 1 aromatic carbocycles. The maximum Gasteiger partial charge on any atom is 0.288 e. The van der Waals surface area contributed by atoms with Gasteiger partial charge in [0.05, 0.1) is 0 Å². The number of benzene rings is 1. The standard InChI is InChI=1S/C14H18F2N2OS.ClH/c15-14(16)20-12-7-1-9(2-8-12)13(19)18-11-5-3-10(17)4-6-11;/h1-2,7-8,10-11,14H,3-6,17H2,(H,18,19);1H. The minimum atomic E-state index is -2.44. The molecule has 1 saturated carbocycles. The Morgan fingerprint density at radius 1 is 1.19 bits per heavy atom. The van der Waals surface area contributed by atoms with Gasteiger partial charge in [-0.3, -0.25) is 4.79 Å². The Morgan fingerprint density at radius 2 is 1.76 bits per heavy atom. The van der Waals surface area contributed by atoms with Crippen LogP contribution >= 0.6 is 24.2 Å². The first-order chi connectivity index (χ1) is 9.54. The van der Waals surface area contributed by atoms with Gasteiger partial charge < -0.3 is 11.1 Å². The number of hydrogen-bond acceptors (Lipinski definition) is 3. The normalized spacial score (nSPS) is 21.7. The van der Waals surface area contributed by atoms with Gasteiger partial charge in [0.25, 0.3) is 11.7 Å². The predicted molar refractivity (Wildman–Crippen MR) is 83.2 cm³/mol. The highest BCUT2D eigenvalue weighted by Crippen LogP contribution is 2.25. The molecule has 0 aliphatic heterocycles. The lowest BCUT2D eigenvalue weighted by Crippen LogP contribution is -2.40. The quantitative estimate of drug-likeness (QED) is 0.828. The van der Waals surface area contributed by atoms with Crippen LogP contribution in [0.4, 0.5) is 8.78 Å². The first kappa shape index (κ1) is 18.2. The van der Waals surface area contributed by atoms with Crippen molar-refractivity contribution in [3.8, 4) is 0 Å². The molecule has 3 nitrogen and oxygen atoms in total. The van der Waals surface area contributed by atoms with Crippen LogP contribution in [0.5, 0.6) is 0 Å². The van der Waals surface area contributed by atoms with Crippen molar-refractivity contribution >= 4 is 30.1 Å². The Morgan fingerprint density at radius 3 is 2.29 bits per heavy atom. The smallest absolute Gasteiger partial charge is 0.288 e. The summed E-state index contributed by atoms with van der Waals surface area (Å²) in [6, 6.07) is 6.65. The predicted octanol–water partition coefficient (Wildman–Crippen LogP) is 3.42. The van der Waals surface area contributed by atoms with E-state index in [0.29, 0.717) is 22.2 Å². The second kappa shape index (κ2) is 8.56. The number of hydrogen-bond donors (Lipinski definition) is 2. The van der Waals surface area contributed by atoms with Crippen molar-refractivity contribution in [1.82, 2.24) is 5.32 Å². The fourth-order valence-corrected chi connectivity index (χ4v) is 2.82. The number of alkyl halides is 2. The van der Waals surface area contributed by atoms with Gasteiger partial charge in [0.2, 0.25) is 0 Å². The molecule has 3 N–H and O–H groups in total. The van der Waals surface area contributed by atoms with Crippen molar-refractivity contribution in [1.29, 1.82) is 0 Å². The Hall–Kier alpha value is -0.850. The van der Waals surface area contributed by atoms with Gasteiger partial charge in [0, 0.05) is 22.5 Å². The van der Waals surface area contributed by atoms with E-state index in [9.17, 15) is 13.6 Å². The highest BCUT2D eigenvalue weighted by atomic mass is 35.5. The molecule has 0 saturated heterocycles. The topological polar surface area (TPSA) is 55.1 Å². The number of nitrogens with two attached hydrogens (primary N) is 1. The summed E-state index contributed by atoms with van der Waals surface area (Å²) in [5, 5.41) is 2.97. The first-order valence-corrected chi connectivity index (χ1v) is 7.54. The summed E-state index contributed by atoms with van der Waals surface area (Å²) in [4.78, 5) is 12.5. The number of nitrogens with one attached hydrogen (secondary N) is 1. The second-order valence-corrected chi connectivity index (χ2v) is 6.05. The summed E-state index contributed by atoms with van der Waals surface area (Å²) >= 11 is 0.476. The first-order valence-electron chi connectivity index (χ1n) is 6.66. The zero-order valence-corrected chi connectivity index (χ0v) is 13.1. The van der Waals surface area contributed by atoms with Crippen LogP contribution in [0.25, 0.3) is 0 Å². The molecule has 1 fully saturated rings. The minimum absolute atomic E-state index is 0. The molecule has 1 aromatic rings. The van der Waals surface area contributed by atoms with Crippen molar-refractivity contribution in [2.75, 3.05) is 0 Å². The molecule has 21 heavy (non-hydrogen) atoms. The largest absolute Gasteiger partial charge is 0.349 e. The van der Waals surface area contributed by atoms with Gasteiger partial charge in [-0.1, -0.05) is 11.8 Å². The number of amides is 1. The van der Waals surface area contributed by atoms with Crippen LogP contribution in [0.15, 0.2) is 29.2 Å². The molecule has 7 heteroatoms. The van der Waals surface area contributed by atoms with E-state index in [2.05, 4.69) is 5.32 Å². The van der Waals surface area contributed by atoms with Crippen molar-refractivity contribution in [3.05, 3.63) is 29.8 Å². The van der Waals surface area contributed by atoms with E-state index in [1.165, 1.54) is 0 Å². The van der Waals surface area contributed by atoms with Crippen LogP contribution < -0.4 is 11.1 Å². The fourth-order valence-electron chi connectivity index (χ4n) is 2.32. The summed E-state index contributed by atoms with van der Waals surface area (Å²) < 4.78 is 24.4. The molecule has 0 atom stereocenters. The van der Waals surface area contributed by atoms with Crippen molar-refractivity contribution in [3.63, 3.8) is 0 Å². The lowest BCUT2D eigenvalue weighted by atomic mass is 9.91. The Balaban J connectivity index is 0.00000220. The maximum atomic E-state index is 12.2. The van der Waals surface area contributed by atoms with Crippen LogP contribution in [0.1, 0.15) is 36.0 Å². The van der Waals surface area contributed by atoms with Crippen LogP contribution in [-0.2, 0) is 0 Å². The van der Waals surface area contributed by atoms with E-state index in [4.69, 9.17) is 5.73 Å². The molecule has 0 radical (unpaired) electrons. The van der Waals surface area contributed by atoms with Crippen molar-refractivity contribution < 1.29 is 13.6 Å². The van der Waals surface area contributed by atoms with E-state index in [-0.39, 0.29) is 30.4 Å². The van der Waals surface area contributed by atoms with E-state index >= 15 is 0 Å². The van der Waals surface area contributed by atoms with Crippen LogP contribution in [0.3, 0.4) is 0 Å². The highest BCUT2D eigenvalue weighted by molar-refractivity contribution is 7.99. The van der Waals surface area contributed by atoms with Gasteiger partial charge in [-0.25, -0.2) is 0 Å². The molecule has 118 valence electrons. The molecule has 0 bridgehead atoms. The second-order valence-electron chi connectivity index (χ2n) is 4.99. The zero-order chi connectivity index (χ0) is 14.5. The maximum absolute atomic E-state index is 12.2. The van der Waals surface area contributed by atoms with E-state index in [0.717, 1.165) is 25.7 Å². The third kappa shape index (κ3) is 5.80. The van der Waals surface area contributed by atoms with Crippen LogP contribution in [0, 0.1) is 0 Å². The molecule has 1 aliphatic carbocycles. The summed E-state index contributed by atoms with van der Waals surface area (Å²) in [7, 11) is 0. The molecular formula is C14H19ClF2N2OS. The molecule has 0 unspecified atom stereocenters. The van der Waals surface area contributed by atoms with Crippen molar-refractivity contribution in [2.24, 2.45) is 5.73 Å². The Bertz CT molecular complexity index is 451. The SMILES string of the molecule is Cl.NC1CCC(NC(=O)c2ccc(SC(F)F)cc2)CC1. The Labute approximate surface area is 133 Å². The third-order valence-corrected chi connectivity index (χ3v) is 4.17. The average Bonchev–Trinajstić information content (AvgIpc) is 2.41. The molecule has 0 aromatic heterocycles. The van der Waals surface area contributed by atoms with Crippen LogP contribution in [0.2, 0.25) is 0 Å². The Kier molecular flexibility index (Phi) is 7.42. The van der Waals surface area contributed by atoms with Gasteiger partial charge in [-0.15, -0.1) is 12.4 Å². The summed E-state index contributed by atoms with van der Waals surface area (Å²) in [6.45, 7) is 0. The fraction of sp³-hybridized carbons (Fsp3) is 0.500. The number of rotatable bonds is 4. The molecular weight excluding hydrogens is 318 g/mol. The summed E-state index contributed by atoms with van der Waals surface area (Å²) in [6.07, 6.45) is 3.64. The highest BCUT2D eigenvalue weighted by Gasteiger charge is 2.20. The van der Waals surface area contributed by atoms with Gasteiger partial charge in [0.15, 0.2) is 0 Å². The molecule has 0 spiro atoms. The number of carbonyl (C=O) groups is 1. The van der Waals surface area contributed by atoms with Gasteiger partial charge >= 0.3 is 0 Å². The number of carbonyl (C=O) groups excluding carboxylic acids is 1. The monoisotopic (exact) mass is 336 g/mol. The van der Waals surface area contributed by atoms with Gasteiger partial charge in [0.1, 0.15) is 0 Å². The molecule has 2 rings (SSSR count). The number of thioether (sulfide) groups is 1. The lowest BCUT2D eigenvalue weighted by molar-refractivity contribution is 0.0926. The van der Waals surface area contributed by atoms with Gasteiger partial charge in [-0.2, -0.15) is 8.78 Å². The van der Waals surface area contributed by atoms with E-state index in [1.807, 2.05) is 0 Å². The zero-order valence-electron chi connectivity index (χ0n) is 11.4. The summed E-state index contributed by atoms with van der Waals surface area (Å²) in [5.74, 6) is -2.60. The van der Waals surface area contributed by atoms with E-state index in [1.54, 1.807) is 24.3 Å². The molecule has 0 heterocycles. The lowest BCUT2D eigenvalue weighted by Gasteiger charge is -2.26. The summed E-state index contributed by atoms with van der Waals surface area (Å²) in [5.41, 5.74) is 6.32. The average molecular weight is 337 g/mol. The minimum Gasteiger partial charge on any atom is -0.349 e. The van der Waals surface area contributed by atoms with Gasteiger partial charge in [-0.05, 0) is 49.9 Å². The number of halogens is 3. The van der Waals surface area contributed by atoms with E-state index < -0.39 is 5.76 Å². The third-order valence-electron chi connectivity index (χ3n) is 3.45. The molecule has 1 aliphatic rings. The van der Waals surface area contributed by atoms with Crippen molar-refractivity contribution in [2.45, 2.75) is 48.4 Å². The molecule has 1 amide bonds.